The van der Waals surface area contributed by atoms with E-state index in [1.54, 1.807) is 48.5 Å². The van der Waals surface area contributed by atoms with Gasteiger partial charge in [-0.05, 0) is 43.9 Å². The number of hydrogen-bond donors (Lipinski definition) is 1. The number of rotatable bonds is 6. The molecule has 0 radical (unpaired) electrons. The predicted molar refractivity (Wildman–Crippen MR) is 112 cm³/mol. The fraction of sp³-hybridized carbons (Fsp3) is 0.273. The molecule has 1 fully saturated rings. The van der Waals surface area contributed by atoms with Gasteiger partial charge in [0.05, 0.1) is 18.7 Å². The summed E-state index contributed by atoms with van der Waals surface area (Å²) in [6.45, 7) is 0.927. The van der Waals surface area contributed by atoms with Crippen molar-refractivity contribution < 1.29 is 19.4 Å². The number of carbonyl (C=O) groups excluding carboxylic acids is 2. The van der Waals surface area contributed by atoms with E-state index in [0.29, 0.717) is 35.0 Å². The predicted octanol–water partition coefficient (Wildman–Crippen LogP) is 3.33. The SMILES string of the molecule is COc1cccc(/C(O)=C2/C(=O)C(=O)N(CCN(C)C)C2c2ccc(Cl)cc2)c1. The second kappa shape index (κ2) is 8.68. The first kappa shape index (κ1) is 20.9. The molecule has 0 aromatic heterocycles. The lowest BCUT2D eigenvalue weighted by atomic mass is 9.95. The number of benzene rings is 2. The molecule has 152 valence electrons. The minimum atomic E-state index is -0.705. The Morgan fingerprint density at radius 3 is 2.48 bits per heavy atom. The van der Waals surface area contributed by atoms with Crippen molar-refractivity contribution in [3.8, 4) is 5.75 Å². The second-order valence-corrected chi connectivity index (χ2v) is 7.52. The van der Waals surface area contributed by atoms with Crippen molar-refractivity contribution >= 4 is 29.1 Å². The molecule has 1 unspecified atom stereocenters. The van der Waals surface area contributed by atoms with Crippen molar-refractivity contribution in [2.75, 3.05) is 34.3 Å². The van der Waals surface area contributed by atoms with Gasteiger partial charge in [-0.3, -0.25) is 9.59 Å². The van der Waals surface area contributed by atoms with Crippen LogP contribution in [0.5, 0.6) is 5.75 Å². The highest BCUT2D eigenvalue weighted by Gasteiger charge is 2.45. The Kier molecular flexibility index (Phi) is 6.25. The molecule has 29 heavy (non-hydrogen) atoms. The summed E-state index contributed by atoms with van der Waals surface area (Å²) in [5.74, 6) is -1.02. The topological polar surface area (TPSA) is 70.1 Å². The molecule has 1 aliphatic heterocycles. The minimum Gasteiger partial charge on any atom is -0.507 e. The van der Waals surface area contributed by atoms with Crippen LogP contribution in [-0.2, 0) is 9.59 Å². The Hall–Kier alpha value is -2.83. The smallest absolute Gasteiger partial charge is 0.295 e. The van der Waals surface area contributed by atoms with Gasteiger partial charge in [0.2, 0.25) is 0 Å². The first-order valence-electron chi connectivity index (χ1n) is 9.16. The van der Waals surface area contributed by atoms with Crippen molar-refractivity contribution in [2.45, 2.75) is 6.04 Å². The number of likely N-dealkylation sites (N-methyl/N-ethyl adjacent to an activating group) is 1. The molecule has 1 N–H and O–H groups in total. The average molecular weight is 415 g/mol. The summed E-state index contributed by atoms with van der Waals surface area (Å²) in [5.41, 5.74) is 1.18. The van der Waals surface area contributed by atoms with E-state index in [9.17, 15) is 14.7 Å². The largest absolute Gasteiger partial charge is 0.507 e. The molecule has 3 rings (SSSR count). The molecule has 6 nitrogen and oxygen atoms in total. The summed E-state index contributed by atoms with van der Waals surface area (Å²) >= 11 is 6.01. The van der Waals surface area contributed by atoms with Gasteiger partial charge in [-0.2, -0.15) is 0 Å². The van der Waals surface area contributed by atoms with Crippen LogP contribution in [0.3, 0.4) is 0 Å². The van der Waals surface area contributed by atoms with Crippen molar-refractivity contribution in [1.82, 2.24) is 9.80 Å². The summed E-state index contributed by atoms with van der Waals surface area (Å²) < 4.78 is 5.21. The number of likely N-dealkylation sites (tertiary alicyclic amines) is 1. The van der Waals surface area contributed by atoms with Crippen LogP contribution in [0.15, 0.2) is 54.1 Å². The zero-order valence-electron chi connectivity index (χ0n) is 16.6. The lowest BCUT2D eigenvalue weighted by Crippen LogP contribution is -2.35. The third-order valence-corrected chi connectivity index (χ3v) is 5.11. The lowest BCUT2D eigenvalue weighted by molar-refractivity contribution is -0.140. The van der Waals surface area contributed by atoms with Crippen LogP contribution in [0.25, 0.3) is 5.76 Å². The van der Waals surface area contributed by atoms with Gasteiger partial charge in [0.15, 0.2) is 0 Å². The third-order valence-electron chi connectivity index (χ3n) is 4.86. The molecule has 1 heterocycles. The van der Waals surface area contributed by atoms with Gasteiger partial charge in [0.1, 0.15) is 11.5 Å². The number of methoxy groups -OCH3 is 1. The van der Waals surface area contributed by atoms with Gasteiger partial charge in [-0.1, -0.05) is 35.9 Å². The molecule has 2 aromatic carbocycles. The molecule has 2 aromatic rings. The van der Waals surface area contributed by atoms with E-state index in [-0.39, 0.29) is 11.3 Å². The number of hydrogen-bond acceptors (Lipinski definition) is 5. The van der Waals surface area contributed by atoms with Gasteiger partial charge in [-0.15, -0.1) is 0 Å². The van der Waals surface area contributed by atoms with E-state index in [1.165, 1.54) is 12.0 Å². The maximum absolute atomic E-state index is 12.9. The second-order valence-electron chi connectivity index (χ2n) is 7.08. The maximum atomic E-state index is 12.9. The van der Waals surface area contributed by atoms with Crippen molar-refractivity contribution in [3.05, 3.63) is 70.3 Å². The van der Waals surface area contributed by atoms with Crippen molar-refractivity contribution in [2.24, 2.45) is 0 Å². The first-order valence-corrected chi connectivity index (χ1v) is 9.54. The number of nitrogens with zero attached hydrogens (tertiary/aromatic N) is 2. The standard InChI is InChI=1S/C22H23ClN2O4/c1-24(2)11-12-25-19(14-7-9-16(23)10-8-14)18(21(27)22(25)28)20(26)15-5-4-6-17(13-15)29-3/h4-10,13,19,26H,11-12H2,1-3H3/b20-18-. The molecule has 0 aliphatic carbocycles. The Morgan fingerprint density at radius 1 is 1.17 bits per heavy atom. The monoisotopic (exact) mass is 414 g/mol. The average Bonchev–Trinajstić information content (AvgIpc) is 2.97. The Labute approximate surface area is 174 Å². The fourth-order valence-corrected chi connectivity index (χ4v) is 3.46. The minimum absolute atomic E-state index is 0.0596. The van der Waals surface area contributed by atoms with Crippen LogP contribution in [0, 0.1) is 0 Å². The molecule has 1 atom stereocenters. The Morgan fingerprint density at radius 2 is 1.86 bits per heavy atom. The van der Waals surface area contributed by atoms with Gasteiger partial charge in [-0.25, -0.2) is 0 Å². The van der Waals surface area contributed by atoms with Crippen LogP contribution in [0.4, 0.5) is 0 Å². The van der Waals surface area contributed by atoms with E-state index in [4.69, 9.17) is 16.3 Å². The Balaban J connectivity index is 2.14. The molecule has 0 bridgehead atoms. The van der Waals surface area contributed by atoms with Crippen molar-refractivity contribution in [1.29, 1.82) is 0 Å². The van der Waals surface area contributed by atoms with Crippen LogP contribution in [0.1, 0.15) is 17.2 Å². The molecular formula is C22H23ClN2O4. The number of aliphatic hydroxyl groups excluding tert-OH is 1. The van der Waals surface area contributed by atoms with Gasteiger partial charge in [0.25, 0.3) is 11.7 Å². The lowest BCUT2D eigenvalue weighted by Gasteiger charge is -2.26. The molecular weight excluding hydrogens is 392 g/mol. The number of ketones is 1. The van der Waals surface area contributed by atoms with Crippen LogP contribution < -0.4 is 4.74 Å². The maximum Gasteiger partial charge on any atom is 0.295 e. The van der Waals surface area contributed by atoms with Crippen LogP contribution >= 0.6 is 11.6 Å². The zero-order valence-corrected chi connectivity index (χ0v) is 17.3. The number of halogens is 1. The number of ether oxygens (including phenoxy) is 1. The van der Waals surface area contributed by atoms with E-state index in [2.05, 4.69) is 0 Å². The van der Waals surface area contributed by atoms with E-state index >= 15 is 0 Å². The highest BCUT2D eigenvalue weighted by atomic mass is 35.5. The zero-order chi connectivity index (χ0) is 21.1. The highest BCUT2D eigenvalue weighted by molar-refractivity contribution is 6.46. The number of aliphatic hydroxyl groups is 1. The fourth-order valence-electron chi connectivity index (χ4n) is 3.34. The molecule has 1 amide bonds. The summed E-state index contributed by atoms with van der Waals surface area (Å²) in [6, 6.07) is 13.0. The van der Waals surface area contributed by atoms with Crippen LogP contribution in [-0.4, -0.2) is 60.9 Å². The normalized spacial score (nSPS) is 18.5. The highest BCUT2D eigenvalue weighted by Crippen LogP contribution is 2.39. The van der Waals surface area contributed by atoms with Gasteiger partial charge in [0, 0.05) is 23.7 Å². The van der Waals surface area contributed by atoms with E-state index in [0.717, 1.165) is 0 Å². The summed E-state index contributed by atoms with van der Waals surface area (Å²) in [4.78, 5) is 29.1. The summed E-state index contributed by atoms with van der Waals surface area (Å²) in [7, 11) is 5.31. The molecule has 0 saturated carbocycles. The molecule has 0 spiro atoms. The summed E-state index contributed by atoms with van der Waals surface area (Å²) in [6.07, 6.45) is 0. The molecule has 7 heteroatoms. The first-order chi connectivity index (χ1) is 13.8. The van der Waals surface area contributed by atoms with Crippen LogP contribution in [0.2, 0.25) is 5.02 Å². The number of carbonyl (C=O) groups is 2. The summed E-state index contributed by atoms with van der Waals surface area (Å²) in [5, 5.41) is 11.5. The van der Waals surface area contributed by atoms with E-state index in [1.807, 2.05) is 19.0 Å². The molecule has 1 aliphatic rings. The van der Waals surface area contributed by atoms with Gasteiger partial charge < -0.3 is 19.6 Å². The number of amides is 1. The van der Waals surface area contributed by atoms with Crippen molar-refractivity contribution in [3.63, 3.8) is 0 Å². The van der Waals surface area contributed by atoms with Gasteiger partial charge >= 0.3 is 0 Å². The molecule has 1 saturated heterocycles. The van der Waals surface area contributed by atoms with E-state index < -0.39 is 17.7 Å². The third kappa shape index (κ3) is 4.28. The Bertz CT molecular complexity index is 954. The number of Topliss-reactive ketones (excluding diaryl/α,β-unsaturated/α-hetero) is 1. The quantitative estimate of drug-likeness (QED) is 0.446.